The molecule has 116 valence electrons. The molecule has 0 saturated carbocycles. The minimum absolute atomic E-state index is 0.260. The highest BCUT2D eigenvalue weighted by atomic mass is 35.5. The molecule has 6 nitrogen and oxygen atoms in total. The number of ether oxygens (including phenoxy) is 1. The SMILES string of the molecule is COCCNC(=O)c1cnc(Nc2cc(Cl)ccc2Cl)nc1. The number of methoxy groups -OCH3 is 1. The normalized spacial score (nSPS) is 10.3. The zero-order valence-corrected chi connectivity index (χ0v) is 13.3. The molecular formula is C14H14Cl2N4O2. The van der Waals surface area contributed by atoms with E-state index in [1.807, 2.05) is 0 Å². The standard InChI is InChI=1S/C14H14Cl2N4O2/c1-22-5-4-17-13(21)9-7-18-14(19-8-9)20-12-6-10(15)2-3-11(12)16/h2-3,6-8H,4-5H2,1H3,(H,17,21)(H,18,19,20). The minimum atomic E-state index is -0.260. The molecule has 2 aromatic rings. The fraction of sp³-hybridized carbons (Fsp3) is 0.214. The van der Waals surface area contributed by atoms with E-state index in [0.717, 1.165) is 0 Å². The highest BCUT2D eigenvalue weighted by Gasteiger charge is 2.08. The Morgan fingerprint density at radius 3 is 2.68 bits per heavy atom. The van der Waals surface area contributed by atoms with Gasteiger partial charge < -0.3 is 15.4 Å². The summed E-state index contributed by atoms with van der Waals surface area (Å²) in [6.07, 6.45) is 2.85. The van der Waals surface area contributed by atoms with Crippen molar-refractivity contribution in [2.75, 3.05) is 25.6 Å². The fourth-order valence-corrected chi connectivity index (χ4v) is 1.93. The molecule has 0 fully saturated rings. The summed E-state index contributed by atoms with van der Waals surface area (Å²) in [5, 5.41) is 6.66. The number of carbonyl (C=O) groups excluding carboxylic acids is 1. The van der Waals surface area contributed by atoms with Gasteiger partial charge in [0.2, 0.25) is 5.95 Å². The third kappa shape index (κ3) is 4.56. The van der Waals surface area contributed by atoms with Gasteiger partial charge >= 0.3 is 0 Å². The second kappa shape index (κ2) is 7.93. The molecule has 1 amide bonds. The topological polar surface area (TPSA) is 76.1 Å². The summed E-state index contributed by atoms with van der Waals surface area (Å²) in [6, 6.07) is 5.02. The number of nitrogens with one attached hydrogen (secondary N) is 2. The lowest BCUT2D eigenvalue weighted by Crippen LogP contribution is -2.27. The fourth-order valence-electron chi connectivity index (χ4n) is 1.59. The van der Waals surface area contributed by atoms with E-state index in [4.69, 9.17) is 27.9 Å². The molecule has 1 aromatic heterocycles. The van der Waals surface area contributed by atoms with Crippen LogP contribution in [0.4, 0.5) is 11.6 Å². The summed E-state index contributed by atoms with van der Waals surface area (Å²) < 4.78 is 4.86. The maximum absolute atomic E-state index is 11.8. The van der Waals surface area contributed by atoms with E-state index in [0.29, 0.717) is 40.4 Å². The molecule has 0 bridgehead atoms. The van der Waals surface area contributed by atoms with Crippen LogP contribution in [0, 0.1) is 0 Å². The van der Waals surface area contributed by atoms with Crippen LogP contribution < -0.4 is 10.6 Å². The maximum Gasteiger partial charge on any atom is 0.254 e. The Hall–Kier alpha value is -1.89. The Labute approximate surface area is 137 Å². The Bertz CT molecular complexity index is 650. The summed E-state index contributed by atoms with van der Waals surface area (Å²) in [5.41, 5.74) is 0.949. The van der Waals surface area contributed by atoms with Crippen LogP contribution in [-0.2, 0) is 4.74 Å². The van der Waals surface area contributed by atoms with Crippen molar-refractivity contribution >= 4 is 40.7 Å². The Morgan fingerprint density at radius 1 is 1.27 bits per heavy atom. The summed E-state index contributed by atoms with van der Waals surface area (Å²) in [5.74, 6) is 0.0574. The predicted molar refractivity (Wildman–Crippen MR) is 86.0 cm³/mol. The van der Waals surface area contributed by atoms with E-state index in [1.165, 1.54) is 12.4 Å². The Morgan fingerprint density at radius 2 is 2.00 bits per heavy atom. The van der Waals surface area contributed by atoms with Gasteiger partial charge in [0.05, 0.1) is 22.9 Å². The number of carbonyl (C=O) groups is 1. The number of nitrogens with zero attached hydrogens (tertiary/aromatic N) is 2. The van der Waals surface area contributed by atoms with Crippen LogP contribution in [-0.4, -0.2) is 36.1 Å². The van der Waals surface area contributed by atoms with Crippen LogP contribution in [0.15, 0.2) is 30.6 Å². The minimum Gasteiger partial charge on any atom is -0.383 e. The number of halogens is 2. The number of anilines is 2. The van der Waals surface area contributed by atoms with Crippen molar-refractivity contribution in [3.8, 4) is 0 Å². The van der Waals surface area contributed by atoms with E-state index in [-0.39, 0.29) is 5.91 Å². The monoisotopic (exact) mass is 340 g/mol. The van der Waals surface area contributed by atoms with Crippen molar-refractivity contribution in [3.63, 3.8) is 0 Å². The lowest BCUT2D eigenvalue weighted by molar-refractivity contribution is 0.0936. The first-order valence-electron chi connectivity index (χ1n) is 6.41. The van der Waals surface area contributed by atoms with Gasteiger partial charge in [0.1, 0.15) is 0 Å². The van der Waals surface area contributed by atoms with E-state index in [2.05, 4.69) is 20.6 Å². The molecule has 1 aromatic carbocycles. The van der Waals surface area contributed by atoms with Gasteiger partial charge in [-0.1, -0.05) is 23.2 Å². The quantitative estimate of drug-likeness (QED) is 0.790. The first kappa shape index (κ1) is 16.5. The van der Waals surface area contributed by atoms with Crippen LogP contribution in [0.3, 0.4) is 0 Å². The van der Waals surface area contributed by atoms with Gasteiger partial charge in [-0.15, -0.1) is 0 Å². The van der Waals surface area contributed by atoms with Crippen LogP contribution in [0.2, 0.25) is 10.0 Å². The molecule has 2 rings (SSSR count). The molecule has 0 spiro atoms. The zero-order valence-electron chi connectivity index (χ0n) is 11.8. The van der Waals surface area contributed by atoms with Gasteiger partial charge in [-0.3, -0.25) is 4.79 Å². The van der Waals surface area contributed by atoms with Gasteiger partial charge in [-0.05, 0) is 18.2 Å². The number of rotatable bonds is 6. The van der Waals surface area contributed by atoms with Crippen LogP contribution >= 0.6 is 23.2 Å². The number of hydrogen-bond acceptors (Lipinski definition) is 5. The molecule has 0 aliphatic carbocycles. The summed E-state index contributed by atoms with van der Waals surface area (Å²) >= 11 is 12.0. The van der Waals surface area contributed by atoms with Gasteiger partial charge in [0, 0.05) is 31.1 Å². The second-order valence-electron chi connectivity index (χ2n) is 4.29. The van der Waals surface area contributed by atoms with Gasteiger partial charge in [-0.2, -0.15) is 0 Å². The highest BCUT2D eigenvalue weighted by Crippen LogP contribution is 2.27. The maximum atomic E-state index is 11.8. The van der Waals surface area contributed by atoms with Crippen LogP contribution in [0.1, 0.15) is 10.4 Å². The largest absolute Gasteiger partial charge is 0.383 e. The van der Waals surface area contributed by atoms with E-state index >= 15 is 0 Å². The van der Waals surface area contributed by atoms with Gasteiger partial charge in [0.15, 0.2) is 0 Å². The average Bonchev–Trinajstić information content (AvgIpc) is 2.52. The third-order valence-electron chi connectivity index (χ3n) is 2.68. The molecule has 0 atom stereocenters. The Kier molecular flexibility index (Phi) is 5.94. The third-order valence-corrected chi connectivity index (χ3v) is 3.25. The summed E-state index contributed by atoms with van der Waals surface area (Å²) in [7, 11) is 1.57. The van der Waals surface area contributed by atoms with Gasteiger partial charge in [0.25, 0.3) is 5.91 Å². The van der Waals surface area contributed by atoms with E-state index in [9.17, 15) is 4.79 Å². The number of hydrogen-bond donors (Lipinski definition) is 2. The number of aromatic nitrogens is 2. The van der Waals surface area contributed by atoms with Crippen molar-refractivity contribution in [1.29, 1.82) is 0 Å². The van der Waals surface area contributed by atoms with Crippen LogP contribution in [0.5, 0.6) is 0 Å². The number of amides is 1. The predicted octanol–water partition coefficient (Wildman–Crippen LogP) is 2.90. The van der Waals surface area contributed by atoms with Crippen molar-refractivity contribution in [2.24, 2.45) is 0 Å². The molecule has 0 unspecified atom stereocenters. The van der Waals surface area contributed by atoms with E-state index < -0.39 is 0 Å². The van der Waals surface area contributed by atoms with Crippen molar-refractivity contribution in [2.45, 2.75) is 0 Å². The summed E-state index contributed by atoms with van der Waals surface area (Å²) in [4.78, 5) is 19.9. The highest BCUT2D eigenvalue weighted by molar-refractivity contribution is 6.35. The summed E-state index contributed by atoms with van der Waals surface area (Å²) in [6.45, 7) is 0.868. The molecule has 2 N–H and O–H groups in total. The van der Waals surface area contributed by atoms with E-state index in [1.54, 1.807) is 25.3 Å². The zero-order chi connectivity index (χ0) is 15.9. The van der Waals surface area contributed by atoms with Crippen molar-refractivity contribution < 1.29 is 9.53 Å². The molecular weight excluding hydrogens is 327 g/mol. The molecule has 0 radical (unpaired) electrons. The lowest BCUT2D eigenvalue weighted by atomic mass is 10.3. The first-order valence-corrected chi connectivity index (χ1v) is 7.17. The van der Waals surface area contributed by atoms with Crippen molar-refractivity contribution in [1.82, 2.24) is 15.3 Å². The van der Waals surface area contributed by atoms with Gasteiger partial charge in [-0.25, -0.2) is 9.97 Å². The molecule has 8 heteroatoms. The smallest absolute Gasteiger partial charge is 0.254 e. The number of benzene rings is 1. The molecule has 0 aliphatic heterocycles. The average molecular weight is 341 g/mol. The first-order chi connectivity index (χ1) is 10.6. The lowest BCUT2D eigenvalue weighted by Gasteiger charge is -2.08. The molecule has 0 saturated heterocycles. The van der Waals surface area contributed by atoms with Crippen LogP contribution in [0.25, 0.3) is 0 Å². The Balaban J connectivity index is 2.02. The second-order valence-corrected chi connectivity index (χ2v) is 5.14. The molecule has 0 aliphatic rings. The van der Waals surface area contributed by atoms with Crippen molar-refractivity contribution in [3.05, 3.63) is 46.2 Å². The molecule has 22 heavy (non-hydrogen) atoms. The molecule has 1 heterocycles.